The molecule has 0 atom stereocenters. The van der Waals surface area contributed by atoms with Gasteiger partial charge in [0.25, 0.3) is 5.91 Å². The van der Waals surface area contributed by atoms with E-state index in [1.807, 2.05) is 35.1 Å². The van der Waals surface area contributed by atoms with Crippen molar-refractivity contribution in [3.05, 3.63) is 89.4 Å². The lowest BCUT2D eigenvalue weighted by molar-refractivity contribution is 0.102. The van der Waals surface area contributed by atoms with Crippen LogP contribution in [0, 0.1) is 0 Å². The molecule has 0 bridgehead atoms. The molecule has 0 fully saturated rings. The fourth-order valence-electron chi connectivity index (χ4n) is 3.06. The van der Waals surface area contributed by atoms with Gasteiger partial charge in [0.2, 0.25) is 5.89 Å². The van der Waals surface area contributed by atoms with Crippen LogP contribution in [0.2, 0.25) is 5.02 Å². The SMILES string of the molecule is O=C(Nc1ccc(Cl)cc1)c1coc(COc2ccc(CCCCn3ccnn3)cc2)n1. The number of benzene rings is 2. The summed E-state index contributed by atoms with van der Waals surface area (Å²) < 4.78 is 12.9. The van der Waals surface area contributed by atoms with Gasteiger partial charge in [-0.3, -0.25) is 9.48 Å². The summed E-state index contributed by atoms with van der Waals surface area (Å²) in [5.74, 6) is 0.667. The molecule has 0 saturated heterocycles. The van der Waals surface area contributed by atoms with E-state index < -0.39 is 0 Å². The van der Waals surface area contributed by atoms with E-state index in [0.29, 0.717) is 22.4 Å². The number of hydrogen-bond acceptors (Lipinski definition) is 6. The summed E-state index contributed by atoms with van der Waals surface area (Å²) in [5.41, 5.74) is 2.05. The van der Waals surface area contributed by atoms with Crippen LogP contribution in [0.3, 0.4) is 0 Å². The van der Waals surface area contributed by atoms with E-state index >= 15 is 0 Å². The number of nitrogens with zero attached hydrogens (tertiary/aromatic N) is 4. The van der Waals surface area contributed by atoms with Crippen molar-refractivity contribution in [2.24, 2.45) is 0 Å². The standard InChI is InChI=1S/C23H22ClN5O3/c24-18-6-8-19(9-7-18)26-23(30)21-15-32-22(27-21)16-31-20-10-4-17(5-11-20)3-1-2-13-29-14-12-25-28-29/h4-12,14-15H,1-3,13,16H2,(H,26,30). The molecule has 4 aromatic rings. The molecule has 0 aliphatic rings. The molecule has 2 aromatic carbocycles. The molecule has 32 heavy (non-hydrogen) atoms. The van der Waals surface area contributed by atoms with Crippen LogP contribution in [0.5, 0.6) is 5.75 Å². The van der Waals surface area contributed by atoms with Crippen molar-refractivity contribution in [2.45, 2.75) is 32.4 Å². The first-order chi connectivity index (χ1) is 15.7. The van der Waals surface area contributed by atoms with Crippen LogP contribution < -0.4 is 10.1 Å². The molecular weight excluding hydrogens is 430 g/mol. The fraction of sp³-hybridized carbons (Fsp3) is 0.217. The maximum Gasteiger partial charge on any atom is 0.277 e. The Hall–Kier alpha value is -3.65. The Kier molecular flexibility index (Phi) is 7.14. The lowest BCUT2D eigenvalue weighted by Crippen LogP contribution is -2.12. The number of aromatic nitrogens is 4. The Bertz CT molecular complexity index is 1130. The zero-order valence-corrected chi connectivity index (χ0v) is 18.0. The number of carbonyl (C=O) groups is 1. The summed E-state index contributed by atoms with van der Waals surface area (Å²) in [5, 5.41) is 11.1. The Balaban J connectivity index is 1.21. The highest BCUT2D eigenvalue weighted by molar-refractivity contribution is 6.30. The van der Waals surface area contributed by atoms with Crippen molar-refractivity contribution in [1.29, 1.82) is 0 Å². The smallest absolute Gasteiger partial charge is 0.277 e. The van der Waals surface area contributed by atoms with Gasteiger partial charge in [0.15, 0.2) is 12.3 Å². The average molecular weight is 452 g/mol. The van der Waals surface area contributed by atoms with Crippen LogP contribution in [-0.2, 0) is 19.6 Å². The molecule has 1 amide bonds. The van der Waals surface area contributed by atoms with Gasteiger partial charge in [0, 0.05) is 23.5 Å². The minimum Gasteiger partial charge on any atom is -0.484 e. The third-order valence-corrected chi connectivity index (χ3v) is 5.00. The highest BCUT2D eigenvalue weighted by Gasteiger charge is 2.13. The monoisotopic (exact) mass is 451 g/mol. The first kappa shape index (κ1) is 21.6. The van der Waals surface area contributed by atoms with E-state index in [1.54, 1.807) is 30.5 Å². The van der Waals surface area contributed by atoms with Crippen LogP contribution in [-0.4, -0.2) is 25.9 Å². The highest BCUT2D eigenvalue weighted by Crippen LogP contribution is 2.17. The van der Waals surface area contributed by atoms with Crippen LogP contribution in [0.1, 0.15) is 34.8 Å². The minimum absolute atomic E-state index is 0.130. The molecule has 0 unspecified atom stereocenters. The highest BCUT2D eigenvalue weighted by atomic mass is 35.5. The average Bonchev–Trinajstić information content (AvgIpc) is 3.50. The fourth-order valence-corrected chi connectivity index (χ4v) is 3.19. The zero-order valence-electron chi connectivity index (χ0n) is 17.3. The van der Waals surface area contributed by atoms with Crippen LogP contribution in [0.15, 0.2) is 71.6 Å². The Morgan fingerprint density at radius 1 is 1.09 bits per heavy atom. The van der Waals surface area contributed by atoms with Gasteiger partial charge in [-0.15, -0.1) is 5.10 Å². The number of hydrogen-bond donors (Lipinski definition) is 1. The summed E-state index contributed by atoms with van der Waals surface area (Å²) in [6.07, 6.45) is 7.97. The second-order valence-electron chi connectivity index (χ2n) is 7.14. The molecule has 8 nitrogen and oxygen atoms in total. The van der Waals surface area contributed by atoms with Gasteiger partial charge in [-0.2, -0.15) is 0 Å². The number of nitrogens with one attached hydrogen (secondary N) is 1. The quantitative estimate of drug-likeness (QED) is 0.349. The van der Waals surface area contributed by atoms with Crippen molar-refractivity contribution in [3.63, 3.8) is 0 Å². The van der Waals surface area contributed by atoms with Crippen molar-refractivity contribution in [1.82, 2.24) is 20.0 Å². The summed E-state index contributed by atoms with van der Waals surface area (Å²) in [6, 6.07) is 14.8. The molecule has 2 heterocycles. The number of amides is 1. The Morgan fingerprint density at radius 2 is 1.91 bits per heavy atom. The number of rotatable bonds is 10. The van der Waals surface area contributed by atoms with E-state index in [1.165, 1.54) is 11.8 Å². The third kappa shape index (κ3) is 6.18. The van der Waals surface area contributed by atoms with Crippen molar-refractivity contribution in [2.75, 3.05) is 5.32 Å². The van der Waals surface area contributed by atoms with Gasteiger partial charge in [-0.1, -0.05) is 28.9 Å². The van der Waals surface area contributed by atoms with Gasteiger partial charge >= 0.3 is 0 Å². The summed E-state index contributed by atoms with van der Waals surface area (Å²) >= 11 is 5.85. The number of unbranched alkanes of at least 4 members (excludes halogenated alkanes) is 1. The predicted molar refractivity (Wildman–Crippen MR) is 120 cm³/mol. The lowest BCUT2D eigenvalue weighted by atomic mass is 10.1. The second kappa shape index (κ2) is 10.6. The van der Waals surface area contributed by atoms with Crippen LogP contribution in [0.25, 0.3) is 0 Å². The Morgan fingerprint density at radius 3 is 2.66 bits per heavy atom. The van der Waals surface area contributed by atoms with E-state index in [-0.39, 0.29) is 18.2 Å². The van der Waals surface area contributed by atoms with E-state index in [2.05, 4.69) is 20.6 Å². The zero-order chi connectivity index (χ0) is 22.2. The first-order valence-electron chi connectivity index (χ1n) is 10.2. The molecule has 0 spiro atoms. The third-order valence-electron chi connectivity index (χ3n) is 4.75. The van der Waals surface area contributed by atoms with Crippen LogP contribution in [0.4, 0.5) is 5.69 Å². The number of aryl methyl sites for hydroxylation is 2. The molecule has 0 aliphatic heterocycles. The summed E-state index contributed by atoms with van der Waals surface area (Å²) in [6.45, 7) is 1.00. The number of carbonyl (C=O) groups excluding carboxylic acids is 1. The summed E-state index contributed by atoms with van der Waals surface area (Å²) in [4.78, 5) is 16.5. The topological polar surface area (TPSA) is 95.1 Å². The van der Waals surface area contributed by atoms with E-state index in [4.69, 9.17) is 20.8 Å². The van der Waals surface area contributed by atoms with Crippen LogP contribution >= 0.6 is 11.6 Å². The number of oxazole rings is 1. The van der Waals surface area contributed by atoms with Gasteiger partial charge in [-0.25, -0.2) is 4.98 Å². The molecule has 9 heteroatoms. The molecular formula is C23H22ClN5O3. The maximum atomic E-state index is 12.3. The minimum atomic E-state index is -0.365. The van der Waals surface area contributed by atoms with Gasteiger partial charge < -0.3 is 14.5 Å². The van der Waals surface area contributed by atoms with Crippen molar-refractivity contribution in [3.8, 4) is 5.75 Å². The molecule has 0 saturated carbocycles. The van der Waals surface area contributed by atoms with E-state index in [0.717, 1.165) is 25.8 Å². The lowest BCUT2D eigenvalue weighted by Gasteiger charge is -2.06. The molecule has 0 aliphatic carbocycles. The molecule has 164 valence electrons. The Labute approximate surface area is 190 Å². The first-order valence-corrected chi connectivity index (χ1v) is 10.6. The van der Waals surface area contributed by atoms with Crippen molar-refractivity contribution < 1.29 is 13.9 Å². The molecule has 1 N–H and O–H groups in total. The molecule has 2 aromatic heterocycles. The number of ether oxygens (including phenoxy) is 1. The van der Waals surface area contributed by atoms with E-state index in [9.17, 15) is 4.79 Å². The normalized spacial score (nSPS) is 10.8. The largest absolute Gasteiger partial charge is 0.484 e. The van der Waals surface area contributed by atoms with Crippen molar-refractivity contribution >= 4 is 23.2 Å². The second-order valence-corrected chi connectivity index (χ2v) is 7.58. The number of halogens is 1. The van der Waals surface area contributed by atoms with Gasteiger partial charge in [0.1, 0.15) is 12.0 Å². The maximum absolute atomic E-state index is 12.3. The van der Waals surface area contributed by atoms with Gasteiger partial charge in [0.05, 0.1) is 6.20 Å². The van der Waals surface area contributed by atoms with Gasteiger partial charge in [-0.05, 0) is 61.2 Å². The summed E-state index contributed by atoms with van der Waals surface area (Å²) in [7, 11) is 0. The molecule has 4 rings (SSSR count). The predicted octanol–water partition coefficient (Wildman–Crippen LogP) is 4.77. The molecule has 0 radical (unpaired) electrons. The number of anilines is 1.